The van der Waals surface area contributed by atoms with Crippen LogP contribution >= 0.6 is 0 Å². The average Bonchev–Trinajstić information content (AvgIpc) is 2.92. The summed E-state index contributed by atoms with van der Waals surface area (Å²) in [5.74, 6) is 1.80. The smallest absolute Gasteiger partial charge is 0.203 e. The molecule has 1 unspecified atom stereocenters. The van der Waals surface area contributed by atoms with Gasteiger partial charge in [0.15, 0.2) is 0 Å². The van der Waals surface area contributed by atoms with Gasteiger partial charge in [-0.3, -0.25) is 0 Å². The first-order valence-electron chi connectivity index (χ1n) is 6.73. The lowest BCUT2D eigenvalue weighted by Crippen LogP contribution is -2.23. The van der Waals surface area contributed by atoms with E-state index >= 15 is 0 Å². The number of nitrogens with zero attached hydrogens (tertiary/aromatic N) is 3. The Morgan fingerprint density at radius 3 is 2.88 bits per heavy atom. The third-order valence-electron chi connectivity index (χ3n) is 3.60. The number of anilines is 1. The summed E-state index contributed by atoms with van der Waals surface area (Å²) >= 11 is 0. The first kappa shape index (κ1) is 12.4. The third kappa shape index (κ3) is 3.00. The van der Waals surface area contributed by atoms with Crippen LogP contribution in [0.3, 0.4) is 0 Å². The second-order valence-electron chi connectivity index (χ2n) is 4.92. The van der Waals surface area contributed by atoms with E-state index in [9.17, 15) is 0 Å². The molecule has 96 valence electrons. The van der Waals surface area contributed by atoms with Crippen LogP contribution in [0.5, 0.6) is 0 Å². The van der Waals surface area contributed by atoms with Crippen molar-refractivity contribution >= 4 is 5.95 Å². The molecule has 1 aliphatic rings. The monoisotopic (exact) mass is 236 g/mol. The van der Waals surface area contributed by atoms with Gasteiger partial charge < -0.3 is 14.8 Å². The Morgan fingerprint density at radius 2 is 2.24 bits per heavy atom. The molecule has 0 aliphatic carbocycles. The van der Waals surface area contributed by atoms with E-state index in [4.69, 9.17) is 0 Å². The van der Waals surface area contributed by atoms with E-state index in [0.29, 0.717) is 0 Å². The van der Waals surface area contributed by atoms with E-state index in [1.165, 1.54) is 26.1 Å². The van der Waals surface area contributed by atoms with Gasteiger partial charge in [0.2, 0.25) is 5.95 Å². The number of aromatic nitrogens is 2. The number of likely N-dealkylation sites (tertiary alicyclic amines) is 1. The maximum Gasteiger partial charge on any atom is 0.203 e. The van der Waals surface area contributed by atoms with E-state index in [1.54, 1.807) is 0 Å². The van der Waals surface area contributed by atoms with Gasteiger partial charge in [-0.25, -0.2) is 4.98 Å². The van der Waals surface area contributed by atoms with Crippen molar-refractivity contribution in [3.63, 3.8) is 0 Å². The Kier molecular flexibility index (Phi) is 4.05. The van der Waals surface area contributed by atoms with Gasteiger partial charge in [-0.05, 0) is 39.3 Å². The van der Waals surface area contributed by atoms with Gasteiger partial charge in [-0.15, -0.1) is 0 Å². The molecule has 1 aliphatic heterocycles. The molecule has 17 heavy (non-hydrogen) atoms. The van der Waals surface area contributed by atoms with Crippen molar-refractivity contribution in [2.45, 2.75) is 33.7 Å². The molecule has 1 atom stereocenters. The summed E-state index contributed by atoms with van der Waals surface area (Å²) in [5.41, 5.74) is 1.09. The Morgan fingerprint density at radius 1 is 1.41 bits per heavy atom. The molecule has 0 radical (unpaired) electrons. The minimum atomic E-state index is 0.775. The normalized spacial score (nSPS) is 21.0. The lowest BCUT2D eigenvalue weighted by molar-refractivity contribution is 0.344. The molecular formula is C13H24N4. The lowest BCUT2D eigenvalue weighted by atomic mass is 10.1. The zero-order chi connectivity index (χ0) is 12.3. The number of nitrogens with one attached hydrogen (secondary N) is 1. The summed E-state index contributed by atoms with van der Waals surface area (Å²) in [7, 11) is 0. The predicted octanol–water partition coefficient (Wildman–Crippen LogP) is 1.97. The van der Waals surface area contributed by atoms with Gasteiger partial charge in [0, 0.05) is 25.8 Å². The lowest BCUT2D eigenvalue weighted by Gasteiger charge is -2.14. The molecule has 0 bridgehead atoms. The van der Waals surface area contributed by atoms with Gasteiger partial charge in [0.05, 0.1) is 5.69 Å². The molecule has 0 aromatic carbocycles. The van der Waals surface area contributed by atoms with E-state index in [2.05, 4.69) is 39.8 Å². The van der Waals surface area contributed by atoms with Crippen LogP contribution in [0.2, 0.25) is 0 Å². The highest BCUT2D eigenvalue weighted by Crippen LogP contribution is 2.17. The van der Waals surface area contributed by atoms with Crippen molar-refractivity contribution in [2.75, 3.05) is 31.5 Å². The SMILES string of the molecule is CCN1CCC(CNc2nc(C)cn2CC)C1. The minimum Gasteiger partial charge on any atom is -0.355 e. The van der Waals surface area contributed by atoms with Crippen molar-refractivity contribution in [3.8, 4) is 0 Å². The summed E-state index contributed by atoms with van der Waals surface area (Å²) < 4.78 is 2.18. The van der Waals surface area contributed by atoms with E-state index in [0.717, 1.165) is 30.6 Å². The highest BCUT2D eigenvalue weighted by Gasteiger charge is 2.21. The van der Waals surface area contributed by atoms with Crippen molar-refractivity contribution < 1.29 is 0 Å². The van der Waals surface area contributed by atoms with E-state index < -0.39 is 0 Å². The number of imidazole rings is 1. The molecule has 2 heterocycles. The fourth-order valence-corrected chi connectivity index (χ4v) is 2.53. The topological polar surface area (TPSA) is 33.1 Å². The Balaban J connectivity index is 1.85. The van der Waals surface area contributed by atoms with Crippen molar-refractivity contribution in [3.05, 3.63) is 11.9 Å². The van der Waals surface area contributed by atoms with Crippen LogP contribution in [0, 0.1) is 12.8 Å². The maximum atomic E-state index is 4.52. The van der Waals surface area contributed by atoms with Gasteiger partial charge in [0.1, 0.15) is 0 Å². The quantitative estimate of drug-likeness (QED) is 0.848. The molecule has 2 rings (SSSR count). The molecule has 4 nitrogen and oxygen atoms in total. The van der Waals surface area contributed by atoms with Crippen LogP contribution in [0.25, 0.3) is 0 Å². The summed E-state index contributed by atoms with van der Waals surface area (Å²) in [5, 5.41) is 3.50. The summed E-state index contributed by atoms with van der Waals surface area (Å²) in [6.07, 6.45) is 3.42. The summed E-state index contributed by atoms with van der Waals surface area (Å²) in [4.78, 5) is 7.04. The van der Waals surface area contributed by atoms with Crippen LogP contribution in [0.1, 0.15) is 26.0 Å². The Labute approximate surface area is 104 Å². The zero-order valence-electron chi connectivity index (χ0n) is 11.2. The van der Waals surface area contributed by atoms with Gasteiger partial charge in [0.25, 0.3) is 0 Å². The van der Waals surface area contributed by atoms with Gasteiger partial charge in [-0.1, -0.05) is 6.92 Å². The second-order valence-corrected chi connectivity index (χ2v) is 4.92. The molecule has 0 spiro atoms. The molecule has 1 fully saturated rings. The zero-order valence-corrected chi connectivity index (χ0v) is 11.2. The van der Waals surface area contributed by atoms with E-state index in [1.807, 2.05) is 6.92 Å². The van der Waals surface area contributed by atoms with Gasteiger partial charge >= 0.3 is 0 Å². The fraction of sp³-hybridized carbons (Fsp3) is 0.769. The highest BCUT2D eigenvalue weighted by atomic mass is 15.2. The number of rotatable bonds is 5. The molecule has 4 heteroatoms. The third-order valence-corrected chi connectivity index (χ3v) is 3.60. The summed E-state index contributed by atoms with van der Waals surface area (Å²) in [6.45, 7) is 12.1. The first-order chi connectivity index (χ1) is 8.22. The van der Waals surface area contributed by atoms with Crippen molar-refractivity contribution in [1.82, 2.24) is 14.5 Å². The van der Waals surface area contributed by atoms with Crippen LogP contribution < -0.4 is 5.32 Å². The van der Waals surface area contributed by atoms with E-state index in [-0.39, 0.29) is 0 Å². The summed E-state index contributed by atoms with van der Waals surface area (Å²) in [6, 6.07) is 0. The average molecular weight is 236 g/mol. The number of aryl methyl sites for hydroxylation is 2. The highest BCUT2D eigenvalue weighted by molar-refractivity contribution is 5.28. The standard InChI is InChI=1S/C13H24N4/c1-4-16-7-6-12(10-16)8-14-13-15-11(3)9-17(13)5-2/h9,12H,4-8,10H2,1-3H3,(H,14,15). The number of hydrogen-bond donors (Lipinski definition) is 1. The first-order valence-corrected chi connectivity index (χ1v) is 6.73. The molecule has 0 amide bonds. The second kappa shape index (κ2) is 5.54. The van der Waals surface area contributed by atoms with Crippen LogP contribution in [-0.2, 0) is 6.54 Å². The van der Waals surface area contributed by atoms with Crippen LogP contribution in [-0.4, -0.2) is 40.6 Å². The minimum absolute atomic E-state index is 0.775. The molecule has 1 aromatic rings. The molecule has 1 saturated heterocycles. The number of hydrogen-bond acceptors (Lipinski definition) is 3. The van der Waals surface area contributed by atoms with Crippen LogP contribution in [0.15, 0.2) is 6.20 Å². The van der Waals surface area contributed by atoms with Crippen LogP contribution in [0.4, 0.5) is 5.95 Å². The fourth-order valence-electron chi connectivity index (χ4n) is 2.53. The maximum absolute atomic E-state index is 4.52. The molecule has 1 aromatic heterocycles. The van der Waals surface area contributed by atoms with Gasteiger partial charge in [-0.2, -0.15) is 0 Å². The van der Waals surface area contributed by atoms with Crippen molar-refractivity contribution in [2.24, 2.45) is 5.92 Å². The predicted molar refractivity (Wildman–Crippen MR) is 71.3 cm³/mol. The molecular weight excluding hydrogens is 212 g/mol. The molecule has 0 saturated carbocycles. The largest absolute Gasteiger partial charge is 0.355 e. The Hall–Kier alpha value is -1.03. The van der Waals surface area contributed by atoms with Crippen molar-refractivity contribution in [1.29, 1.82) is 0 Å². The molecule has 1 N–H and O–H groups in total. The Bertz CT molecular complexity index is 358.